The van der Waals surface area contributed by atoms with Crippen molar-refractivity contribution in [2.75, 3.05) is 39.8 Å². The molecule has 0 atom stereocenters. The van der Waals surface area contributed by atoms with Gasteiger partial charge in [0, 0.05) is 19.6 Å². The van der Waals surface area contributed by atoms with Gasteiger partial charge in [-0.2, -0.15) is 0 Å². The zero-order chi connectivity index (χ0) is 18.7. The van der Waals surface area contributed by atoms with E-state index in [2.05, 4.69) is 64.0 Å². The van der Waals surface area contributed by atoms with E-state index in [0.717, 1.165) is 26.2 Å². The van der Waals surface area contributed by atoms with E-state index in [1.807, 2.05) is 0 Å². The average Bonchev–Trinajstić information content (AvgIpc) is 2.55. The molecule has 144 valence electrons. The van der Waals surface area contributed by atoms with Crippen LogP contribution < -0.4 is 5.32 Å². The molecule has 3 nitrogen and oxygen atoms in total. The van der Waals surface area contributed by atoms with Crippen molar-refractivity contribution in [3.8, 4) is 0 Å². The number of allylic oxidation sites excluding steroid dienone is 4. The van der Waals surface area contributed by atoms with Crippen molar-refractivity contribution in [3.63, 3.8) is 0 Å². The highest BCUT2D eigenvalue weighted by Gasteiger charge is 2.30. The molecule has 3 heteroatoms. The minimum absolute atomic E-state index is 0.246. The van der Waals surface area contributed by atoms with Gasteiger partial charge in [0.15, 0.2) is 0 Å². The number of likely N-dealkylation sites (N-methyl/N-ethyl adjacent to an activating group) is 1. The fourth-order valence-corrected chi connectivity index (χ4v) is 3.75. The summed E-state index contributed by atoms with van der Waals surface area (Å²) >= 11 is 0. The second-order valence-corrected chi connectivity index (χ2v) is 8.07. The molecule has 0 spiro atoms. The second-order valence-electron chi connectivity index (χ2n) is 8.07. The van der Waals surface area contributed by atoms with Crippen molar-refractivity contribution in [2.45, 2.75) is 66.7 Å². The Hall–Kier alpha value is -0.930. The second kappa shape index (κ2) is 11.6. The maximum absolute atomic E-state index is 4.95. The highest BCUT2D eigenvalue weighted by atomic mass is 15.1. The molecule has 0 radical (unpaired) electrons. The number of aliphatic imine (C=N–C) groups is 1. The van der Waals surface area contributed by atoms with Crippen LogP contribution in [0.3, 0.4) is 0 Å². The maximum Gasteiger partial charge on any atom is 0.0608 e. The van der Waals surface area contributed by atoms with Crippen molar-refractivity contribution < 1.29 is 0 Å². The summed E-state index contributed by atoms with van der Waals surface area (Å²) in [6, 6.07) is 0. The number of rotatable bonds is 11. The third kappa shape index (κ3) is 7.87. The third-order valence-corrected chi connectivity index (χ3v) is 5.17. The van der Waals surface area contributed by atoms with Crippen LogP contribution in [0.2, 0.25) is 0 Å². The topological polar surface area (TPSA) is 27.6 Å². The van der Waals surface area contributed by atoms with E-state index in [-0.39, 0.29) is 5.41 Å². The molecule has 0 aromatic rings. The Morgan fingerprint density at radius 2 is 2.04 bits per heavy atom. The van der Waals surface area contributed by atoms with Crippen LogP contribution in [0.4, 0.5) is 0 Å². The van der Waals surface area contributed by atoms with Crippen LogP contribution in [0.5, 0.6) is 0 Å². The van der Waals surface area contributed by atoms with E-state index in [4.69, 9.17) is 4.99 Å². The highest BCUT2D eigenvalue weighted by Crippen LogP contribution is 2.41. The van der Waals surface area contributed by atoms with Crippen LogP contribution in [0.15, 0.2) is 28.3 Å². The van der Waals surface area contributed by atoms with Crippen LogP contribution in [-0.4, -0.2) is 50.4 Å². The van der Waals surface area contributed by atoms with Gasteiger partial charge < -0.3 is 10.2 Å². The van der Waals surface area contributed by atoms with E-state index in [0.29, 0.717) is 0 Å². The fraction of sp³-hybridized carbons (Fsp3) is 0.773. The number of nitrogens with one attached hydrogen (secondary N) is 1. The molecule has 0 aliphatic heterocycles. The predicted molar refractivity (Wildman–Crippen MR) is 113 cm³/mol. The van der Waals surface area contributed by atoms with Crippen LogP contribution in [-0.2, 0) is 0 Å². The number of hydrogen-bond acceptors (Lipinski definition) is 3. The minimum Gasteiger partial charge on any atom is -0.314 e. The largest absolute Gasteiger partial charge is 0.314 e. The first-order chi connectivity index (χ1) is 11.9. The van der Waals surface area contributed by atoms with Crippen molar-refractivity contribution in [1.29, 1.82) is 0 Å². The molecule has 0 fully saturated rings. The number of hydrogen-bond donors (Lipinski definition) is 1. The third-order valence-electron chi connectivity index (χ3n) is 5.17. The van der Waals surface area contributed by atoms with Gasteiger partial charge in [-0.1, -0.05) is 38.8 Å². The molecule has 0 saturated carbocycles. The Balaban J connectivity index is 2.52. The zero-order valence-electron chi connectivity index (χ0n) is 17.6. The number of unbranched alkanes of at least 4 members (excludes halogenated alkanes) is 1. The van der Waals surface area contributed by atoms with Gasteiger partial charge in [0.05, 0.1) is 12.3 Å². The molecule has 1 aliphatic carbocycles. The minimum atomic E-state index is 0.246. The van der Waals surface area contributed by atoms with Gasteiger partial charge in [0.25, 0.3) is 0 Å². The molecular formula is C22H41N3. The Labute approximate surface area is 156 Å². The van der Waals surface area contributed by atoms with Gasteiger partial charge in [-0.25, -0.2) is 0 Å². The van der Waals surface area contributed by atoms with Gasteiger partial charge in [-0.05, 0) is 70.2 Å². The van der Waals surface area contributed by atoms with E-state index in [1.165, 1.54) is 55.5 Å². The molecule has 0 unspecified atom stereocenters. The first-order valence-electron chi connectivity index (χ1n) is 10.2. The Bertz CT molecular complexity index is 472. The van der Waals surface area contributed by atoms with E-state index < -0.39 is 0 Å². The van der Waals surface area contributed by atoms with Crippen LogP contribution in [0, 0.1) is 5.41 Å². The molecule has 0 heterocycles. The Morgan fingerprint density at radius 1 is 1.28 bits per heavy atom. The SMILES string of the molecule is C/C=C/C(=NCCNCCN(C)CCCC)C1=C(C)CCCC1(C)C. The maximum atomic E-state index is 4.95. The van der Waals surface area contributed by atoms with Crippen molar-refractivity contribution >= 4 is 5.71 Å². The van der Waals surface area contributed by atoms with Gasteiger partial charge in [-0.15, -0.1) is 0 Å². The standard InChI is InChI=1S/C22H41N3/c1-7-9-17-25(6)18-16-23-14-15-24-20(11-8-2)21-19(3)12-10-13-22(21,4)5/h8,11,23H,7,9-10,12-18H2,1-6H3/b11-8+,24-20?. The highest BCUT2D eigenvalue weighted by molar-refractivity contribution is 6.09. The molecule has 0 aromatic carbocycles. The molecule has 1 rings (SSSR count). The summed E-state index contributed by atoms with van der Waals surface area (Å²) in [6.07, 6.45) is 10.7. The normalized spacial score (nSPS) is 18.6. The lowest BCUT2D eigenvalue weighted by atomic mass is 9.71. The van der Waals surface area contributed by atoms with Crippen molar-refractivity contribution in [3.05, 3.63) is 23.3 Å². The van der Waals surface area contributed by atoms with E-state index in [9.17, 15) is 0 Å². The predicted octanol–water partition coefficient (Wildman–Crippen LogP) is 4.85. The first-order valence-corrected chi connectivity index (χ1v) is 10.2. The monoisotopic (exact) mass is 347 g/mol. The van der Waals surface area contributed by atoms with Gasteiger partial charge >= 0.3 is 0 Å². The van der Waals surface area contributed by atoms with E-state index >= 15 is 0 Å². The molecule has 0 bridgehead atoms. The summed E-state index contributed by atoms with van der Waals surface area (Å²) < 4.78 is 0. The fourth-order valence-electron chi connectivity index (χ4n) is 3.75. The van der Waals surface area contributed by atoms with Gasteiger partial charge in [0.2, 0.25) is 0 Å². The summed E-state index contributed by atoms with van der Waals surface area (Å²) in [5, 5.41) is 3.54. The lowest BCUT2D eigenvalue weighted by Crippen LogP contribution is -2.31. The molecule has 25 heavy (non-hydrogen) atoms. The Morgan fingerprint density at radius 3 is 2.68 bits per heavy atom. The lowest BCUT2D eigenvalue weighted by molar-refractivity contribution is 0.326. The summed E-state index contributed by atoms with van der Waals surface area (Å²) in [6.45, 7) is 16.5. The van der Waals surface area contributed by atoms with E-state index in [1.54, 1.807) is 0 Å². The summed E-state index contributed by atoms with van der Waals surface area (Å²) in [4.78, 5) is 7.35. The quantitative estimate of drug-likeness (QED) is 0.427. The van der Waals surface area contributed by atoms with Gasteiger partial charge in [-0.3, -0.25) is 4.99 Å². The van der Waals surface area contributed by atoms with Crippen molar-refractivity contribution in [2.24, 2.45) is 10.4 Å². The van der Waals surface area contributed by atoms with Gasteiger partial charge in [0.1, 0.15) is 0 Å². The lowest BCUT2D eigenvalue weighted by Gasteiger charge is -2.34. The van der Waals surface area contributed by atoms with Crippen LogP contribution in [0.25, 0.3) is 0 Å². The smallest absolute Gasteiger partial charge is 0.0608 e. The van der Waals surface area contributed by atoms with Crippen molar-refractivity contribution in [1.82, 2.24) is 10.2 Å². The average molecular weight is 348 g/mol. The first kappa shape index (κ1) is 22.1. The summed E-state index contributed by atoms with van der Waals surface area (Å²) in [5.74, 6) is 0. The van der Waals surface area contributed by atoms with Crippen LogP contribution in [0.1, 0.15) is 66.7 Å². The summed E-state index contributed by atoms with van der Waals surface area (Å²) in [5.41, 5.74) is 4.46. The molecule has 0 aromatic heterocycles. The summed E-state index contributed by atoms with van der Waals surface area (Å²) in [7, 11) is 2.21. The molecular weight excluding hydrogens is 306 g/mol. The number of nitrogens with zero attached hydrogens (tertiary/aromatic N) is 2. The molecule has 0 saturated heterocycles. The van der Waals surface area contributed by atoms with Crippen LogP contribution >= 0.6 is 0 Å². The molecule has 0 amide bonds. The zero-order valence-corrected chi connectivity index (χ0v) is 17.6. The molecule has 1 N–H and O–H groups in total. The molecule has 1 aliphatic rings. The Kier molecular flexibility index (Phi) is 10.3.